The fourth-order valence-corrected chi connectivity index (χ4v) is 5.13. The molecule has 1 amide bonds. The van der Waals surface area contributed by atoms with Gasteiger partial charge < -0.3 is 9.47 Å². The molecule has 34 heavy (non-hydrogen) atoms. The summed E-state index contributed by atoms with van der Waals surface area (Å²) in [6, 6.07) is 20.1. The van der Waals surface area contributed by atoms with Crippen molar-refractivity contribution in [3.05, 3.63) is 82.8 Å². The first-order valence-corrected chi connectivity index (χ1v) is 12.6. The molecule has 176 valence electrons. The van der Waals surface area contributed by atoms with E-state index >= 15 is 0 Å². The Morgan fingerprint density at radius 3 is 2.47 bits per heavy atom. The van der Waals surface area contributed by atoms with E-state index in [-0.39, 0.29) is 4.90 Å². The molecule has 0 spiro atoms. The summed E-state index contributed by atoms with van der Waals surface area (Å²) >= 11 is 3.36. The summed E-state index contributed by atoms with van der Waals surface area (Å²) in [6.45, 7) is 2.24. The highest BCUT2D eigenvalue weighted by atomic mass is 79.9. The van der Waals surface area contributed by atoms with E-state index in [0.29, 0.717) is 40.6 Å². The van der Waals surface area contributed by atoms with Crippen LogP contribution in [0.15, 0.2) is 87.3 Å². The lowest BCUT2D eigenvalue weighted by molar-refractivity contribution is -0.119. The van der Waals surface area contributed by atoms with E-state index in [4.69, 9.17) is 9.47 Å². The molecule has 3 aromatic carbocycles. The van der Waals surface area contributed by atoms with E-state index in [0.717, 1.165) is 9.87 Å². The molecule has 3 aromatic rings. The molecule has 0 bridgehead atoms. The molecule has 0 saturated carbocycles. The second kappa shape index (κ2) is 10.3. The molecule has 4 rings (SSSR count). The maximum Gasteiger partial charge on any atom is 0.264 e. The number of amides is 1. The molecule has 8 nitrogen and oxygen atoms in total. The number of ether oxygens (including phenoxy) is 2. The fourth-order valence-electron chi connectivity index (χ4n) is 3.31. The van der Waals surface area contributed by atoms with Crippen LogP contribution >= 0.6 is 15.9 Å². The molecule has 0 saturated heterocycles. The van der Waals surface area contributed by atoms with Crippen molar-refractivity contribution >= 4 is 43.3 Å². The van der Waals surface area contributed by atoms with Crippen molar-refractivity contribution in [3.63, 3.8) is 0 Å². The molecule has 1 heterocycles. The number of sulfonamides is 1. The monoisotopic (exact) mass is 543 g/mol. The average molecular weight is 544 g/mol. The molecule has 1 aliphatic rings. The number of fused-ring (bicyclic) bond motifs is 1. The third kappa shape index (κ3) is 5.40. The number of carbonyl (C=O) groups is 1. The van der Waals surface area contributed by atoms with Crippen molar-refractivity contribution in [3.8, 4) is 11.5 Å². The van der Waals surface area contributed by atoms with E-state index in [2.05, 4.69) is 26.5 Å². The van der Waals surface area contributed by atoms with Crippen LogP contribution in [0, 0.1) is 0 Å². The van der Waals surface area contributed by atoms with Crippen molar-refractivity contribution < 1.29 is 22.7 Å². The van der Waals surface area contributed by atoms with Gasteiger partial charge in [-0.05, 0) is 55.5 Å². The van der Waals surface area contributed by atoms with Gasteiger partial charge in [0.1, 0.15) is 19.8 Å². The SMILES string of the molecule is C/C(=N/NC(=O)CN(c1cccc(Br)c1)S(=O)(=O)c1ccccc1)c1ccc2c(c1)OCCO2. The molecular weight excluding hydrogens is 522 g/mol. The van der Waals surface area contributed by atoms with Crippen LogP contribution in [0.3, 0.4) is 0 Å². The minimum Gasteiger partial charge on any atom is -0.486 e. The van der Waals surface area contributed by atoms with Gasteiger partial charge in [0.2, 0.25) is 0 Å². The Kier molecular flexibility index (Phi) is 7.18. The standard InChI is InChI=1S/C24H22BrN3O5S/c1-17(18-10-11-22-23(14-18)33-13-12-32-22)26-27-24(29)16-28(20-7-5-6-19(25)15-20)34(30,31)21-8-3-2-4-9-21/h2-11,14-15H,12-13,16H2,1H3,(H,27,29)/b26-17-. The summed E-state index contributed by atoms with van der Waals surface area (Å²) < 4.78 is 39.5. The number of hydrogen-bond acceptors (Lipinski definition) is 6. The lowest BCUT2D eigenvalue weighted by Crippen LogP contribution is -2.39. The normalized spacial score (nSPS) is 13.3. The summed E-state index contributed by atoms with van der Waals surface area (Å²) in [5.74, 6) is 0.679. The Balaban J connectivity index is 1.55. The molecule has 0 aliphatic carbocycles. The maximum absolute atomic E-state index is 13.3. The van der Waals surface area contributed by atoms with Crippen molar-refractivity contribution in [2.24, 2.45) is 5.10 Å². The van der Waals surface area contributed by atoms with Gasteiger partial charge in [-0.2, -0.15) is 5.10 Å². The van der Waals surface area contributed by atoms with Gasteiger partial charge in [0.05, 0.1) is 16.3 Å². The number of benzene rings is 3. The zero-order valence-corrected chi connectivity index (χ0v) is 20.7. The van der Waals surface area contributed by atoms with Crippen LogP contribution in [-0.2, 0) is 14.8 Å². The first kappa shape index (κ1) is 23.8. The van der Waals surface area contributed by atoms with Crippen molar-refractivity contribution in [1.29, 1.82) is 0 Å². The molecule has 0 fully saturated rings. The van der Waals surface area contributed by atoms with Gasteiger partial charge in [0, 0.05) is 10.0 Å². The lowest BCUT2D eigenvalue weighted by Gasteiger charge is -2.24. The Morgan fingerprint density at radius 1 is 1.00 bits per heavy atom. The van der Waals surface area contributed by atoms with E-state index in [1.54, 1.807) is 61.5 Å². The summed E-state index contributed by atoms with van der Waals surface area (Å²) in [7, 11) is -3.99. The van der Waals surface area contributed by atoms with Crippen LogP contribution in [-0.4, -0.2) is 39.8 Å². The molecule has 1 aliphatic heterocycles. The van der Waals surface area contributed by atoms with E-state index in [9.17, 15) is 13.2 Å². The lowest BCUT2D eigenvalue weighted by atomic mass is 10.1. The predicted octanol–water partition coefficient (Wildman–Crippen LogP) is 3.96. The molecular formula is C24H22BrN3O5S. The fraction of sp³-hybridized carbons (Fsp3) is 0.167. The smallest absolute Gasteiger partial charge is 0.264 e. The van der Waals surface area contributed by atoms with E-state index in [1.807, 2.05) is 6.07 Å². The second-order valence-corrected chi connectivity index (χ2v) is 10.2. The molecule has 0 radical (unpaired) electrons. The molecule has 0 atom stereocenters. The number of carbonyl (C=O) groups excluding carboxylic acids is 1. The number of halogens is 1. The highest BCUT2D eigenvalue weighted by molar-refractivity contribution is 9.10. The average Bonchev–Trinajstić information content (AvgIpc) is 2.86. The van der Waals surface area contributed by atoms with E-state index in [1.165, 1.54) is 12.1 Å². The summed E-state index contributed by atoms with van der Waals surface area (Å²) in [5.41, 5.74) is 4.08. The summed E-state index contributed by atoms with van der Waals surface area (Å²) in [5, 5.41) is 4.15. The highest BCUT2D eigenvalue weighted by Gasteiger charge is 2.27. The zero-order valence-electron chi connectivity index (χ0n) is 18.3. The number of anilines is 1. The van der Waals surface area contributed by atoms with Gasteiger partial charge in [-0.1, -0.05) is 40.2 Å². The molecule has 0 aromatic heterocycles. The molecule has 0 unspecified atom stereocenters. The first-order chi connectivity index (χ1) is 16.3. The van der Waals surface area contributed by atoms with Crippen LogP contribution in [0.25, 0.3) is 0 Å². The first-order valence-electron chi connectivity index (χ1n) is 10.4. The van der Waals surface area contributed by atoms with Gasteiger partial charge in [-0.3, -0.25) is 9.10 Å². The van der Waals surface area contributed by atoms with Gasteiger partial charge in [0.25, 0.3) is 15.9 Å². The van der Waals surface area contributed by atoms with Crippen molar-refractivity contribution in [2.45, 2.75) is 11.8 Å². The minimum absolute atomic E-state index is 0.0822. The largest absolute Gasteiger partial charge is 0.486 e. The van der Waals surface area contributed by atoms with Crippen LogP contribution in [0.2, 0.25) is 0 Å². The minimum atomic E-state index is -3.99. The van der Waals surface area contributed by atoms with Crippen molar-refractivity contribution in [2.75, 3.05) is 24.1 Å². The number of hydrazone groups is 1. The zero-order chi connectivity index (χ0) is 24.1. The van der Waals surface area contributed by atoms with Gasteiger partial charge >= 0.3 is 0 Å². The number of nitrogens with one attached hydrogen (secondary N) is 1. The Morgan fingerprint density at radius 2 is 1.74 bits per heavy atom. The summed E-state index contributed by atoms with van der Waals surface area (Å²) in [4.78, 5) is 12.9. The number of hydrogen-bond donors (Lipinski definition) is 1. The number of nitrogens with zero attached hydrogens (tertiary/aromatic N) is 2. The van der Waals surface area contributed by atoms with Gasteiger partial charge in [-0.15, -0.1) is 0 Å². The van der Waals surface area contributed by atoms with Crippen LogP contribution in [0.1, 0.15) is 12.5 Å². The topological polar surface area (TPSA) is 97.3 Å². The highest BCUT2D eigenvalue weighted by Crippen LogP contribution is 2.31. The van der Waals surface area contributed by atoms with Crippen LogP contribution in [0.4, 0.5) is 5.69 Å². The van der Waals surface area contributed by atoms with Gasteiger partial charge in [-0.25, -0.2) is 13.8 Å². The predicted molar refractivity (Wildman–Crippen MR) is 133 cm³/mol. The second-order valence-electron chi connectivity index (χ2n) is 7.40. The van der Waals surface area contributed by atoms with Gasteiger partial charge in [0.15, 0.2) is 11.5 Å². The Hall–Kier alpha value is -3.37. The van der Waals surface area contributed by atoms with Crippen molar-refractivity contribution in [1.82, 2.24) is 5.43 Å². The Labute approximate surface area is 206 Å². The third-order valence-corrected chi connectivity index (χ3v) is 7.30. The van der Waals surface area contributed by atoms with Crippen LogP contribution in [0.5, 0.6) is 11.5 Å². The summed E-state index contributed by atoms with van der Waals surface area (Å²) in [6.07, 6.45) is 0. The third-order valence-electron chi connectivity index (χ3n) is 5.02. The van der Waals surface area contributed by atoms with Crippen LogP contribution < -0.4 is 19.2 Å². The molecule has 10 heteroatoms. The molecule has 1 N–H and O–H groups in total. The van der Waals surface area contributed by atoms with E-state index < -0.39 is 22.5 Å². The quantitative estimate of drug-likeness (QED) is 0.359. The maximum atomic E-state index is 13.3. The Bertz CT molecular complexity index is 1330. The number of rotatable bonds is 7.